The molecule has 166 valence electrons. The number of nitrogens with zero attached hydrogens (tertiary/aromatic N) is 2. The summed E-state index contributed by atoms with van der Waals surface area (Å²) in [5, 5.41) is 13.5. The number of para-hydroxylation sites is 2. The summed E-state index contributed by atoms with van der Waals surface area (Å²) in [6, 6.07) is 12.9. The third kappa shape index (κ3) is 3.47. The van der Waals surface area contributed by atoms with E-state index in [2.05, 4.69) is 9.97 Å². The number of aromatic nitrogens is 2. The van der Waals surface area contributed by atoms with Crippen molar-refractivity contribution in [3.8, 4) is 5.75 Å². The van der Waals surface area contributed by atoms with Crippen molar-refractivity contribution in [3.63, 3.8) is 0 Å². The molecule has 33 heavy (non-hydrogen) atoms. The number of thiophene rings is 1. The van der Waals surface area contributed by atoms with E-state index in [1.54, 1.807) is 18.2 Å². The highest BCUT2D eigenvalue weighted by Gasteiger charge is 2.49. The van der Waals surface area contributed by atoms with E-state index in [9.17, 15) is 14.7 Å². The molecule has 5 rings (SSSR count). The van der Waals surface area contributed by atoms with Gasteiger partial charge in [-0.3, -0.25) is 14.5 Å². The lowest BCUT2D eigenvalue weighted by molar-refractivity contribution is -0.132. The van der Waals surface area contributed by atoms with Crippen LogP contribution >= 0.6 is 34.5 Å². The molecule has 0 aliphatic carbocycles. The largest absolute Gasteiger partial charge is 0.507 e. The molecule has 2 aromatic carbocycles. The first kappa shape index (κ1) is 21.5. The number of methoxy groups -OCH3 is 1. The lowest BCUT2D eigenvalue weighted by Crippen LogP contribution is -2.30. The van der Waals surface area contributed by atoms with Crippen molar-refractivity contribution >= 4 is 69.0 Å². The lowest BCUT2D eigenvalue weighted by atomic mass is 9.99. The van der Waals surface area contributed by atoms with Crippen molar-refractivity contribution in [2.24, 2.45) is 0 Å². The first-order valence-electron chi connectivity index (χ1n) is 9.73. The van der Waals surface area contributed by atoms with Gasteiger partial charge < -0.3 is 14.8 Å². The zero-order valence-corrected chi connectivity index (χ0v) is 19.3. The monoisotopic (exact) mass is 499 g/mol. The van der Waals surface area contributed by atoms with Crippen LogP contribution in [0.1, 0.15) is 16.5 Å². The molecule has 2 N–H and O–H groups in total. The Bertz CT molecular complexity index is 1410. The lowest BCUT2D eigenvalue weighted by Gasteiger charge is -2.21. The number of imidazole rings is 1. The van der Waals surface area contributed by atoms with E-state index in [1.165, 1.54) is 35.5 Å². The molecule has 7 nitrogen and oxygen atoms in total. The first-order valence-corrected chi connectivity index (χ1v) is 11.4. The van der Waals surface area contributed by atoms with Gasteiger partial charge in [-0.15, -0.1) is 11.3 Å². The molecule has 0 bridgehead atoms. The van der Waals surface area contributed by atoms with Gasteiger partial charge in [-0.2, -0.15) is 0 Å². The van der Waals surface area contributed by atoms with Gasteiger partial charge in [0.25, 0.3) is 5.78 Å². The number of aliphatic hydroxyl groups excluding tert-OH is 1. The molecule has 1 unspecified atom stereocenters. The third-order valence-corrected chi connectivity index (χ3v) is 6.75. The van der Waals surface area contributed by atoms with E-state index < -0.39 is 23.5 Å². The molecular formula is C23H15Cl2N3O4S. The number of rotatable bonds is 4. The molecule has 0 spiro atoms. The number of aliphatic hydroxyl groups is 1. The van der Waals surface area contributed by atoms with Gasteiger partial charge in [-0.05, 0) is 35.7 Å². The Hall–Kier alpha value is -3.33. The SMILES string of the molecule is COc1c(Cl)cc(Cl)cc1/C(O)=C1\C(=O)C(=O)N(c2nc3ccccc3[nH]2)C1c1cccs1. The van der Waals surface area contributed by atoms with E-state index in [0.717, 1.165) is 0 Å². The number of anilines is 1. The standard InChI is InChI=1S/C23H15Cl2N3O4S/c1-32-21-12(9-11(24)10-13(21)25)19(29)17-18(16-7-4-8-33-16)28(22(31)20(17)30)23-26-14-5-2-3-6-15(14)27-23/h2-10,18,29H,1H3,(H,26,27)/b19-17+. The van der Waals surface area contributed by atoms with Gasteiger partial charge in [0.05, 0.1) is 34.3 Å². The molecule has 2 aromatic heterocycles. The van der Waals surface area contributed by atoms with E-state index in [1.807, 2.05) is 23.6 Å². The molecular weight excluding hydrogens is 485 g/mol. The van der Waals surface area contributed by atoms with Crippen molar-refractivity contribution in [2.45, 2.75) is 6.04 Å². The zero-order valence-electron chi connectivity index (χ0n) is 17.0. The van der Waals surface area contributed by atoms with Gasteiger partial charge in [0, 0.05) is 9.90 Å². The molecule has 1 fully saturated rings. The van der Waals surface area contributed by atoms with Crippen LogP contribution in [0.5, 0.6) is 5.75 Å². The number of carbonyl (C=O) groups is 2. The average Bonchev–Trinajstić information content (AvgIpc) is 3.51. The van der Waals surface area contributed by atoms with Crippen LogP contribution in [-0.4, -0.2) is 33.9 Å². The Morgan fingerprint density at radius 3 is 2.67 bits per heavy atom. The number of nitrogens with one attached hydrogen (secondary N) is 1. The number of halogens is 2. The predicted octanol–water partition coefficient (Wildman–Crippen LogP) is 5.57. The van der Waals surface area contributed by atoms with Crippen LogP contribution in [0.4, 0.5) is 5.95 Å². The molecule has 1 amide bonds. The Labute approximate surface area is 201 Å². The second-order valence-corrected chi connectivity index (χ2v) is 9.05. The Morgan fingerprint density at radius 2 is 1.97 bits per heavy atom. The maximum atomic E-state index is 13.2. The van der Waals surface area contributed by atoms with Crippen molar-refractivity contribution in [2.75, 3.05) is 12.0 Å². The minimum atomic E-state index is -0.909. The van der Waals surface area contributed by atoms with Crippen molar-refractivity contribution in [1.82, 2.24) is 9.97 Å². The molecule has 1 aliphatic rings. The fourth-order valence-electron chi connectivity index (χ4n) is 3.91. The highest BCUT2D eigenvalue weighted by atomic mass is 35.5. The van der Waals surface area contributed by atoms with Crippen LogP contribution in [0.15, 0.2) is 59.5 Å². The molecule has 4 aromatic rings. The van der Waals surface area contributed by atoms with E-state index >= 15 is 0 Å². The van der Waals surface area contributed by atoms with Crippen molar-refractivity contribution in [1.29, 1.82) is 0 Å². The summed E-state index contributed by atoms with van der Waals surface area (Å²) >= 11 is 13.7. The van der Waals surface area contributed by atoms with Crippen LogP contribution in [0.2, 0.25) is 10.0 Å². The predicted molar refractivity (Wildman–Crippen MR) is 128 cm³/mol. The van der Waals surface area contributed by atoms with Crippen LogP contribution in [0.25, 0.3) is 16.8 Å². The first-order chi connectivity index (χ1) is 15.9. The van der Waals surface area contributed by atoms with Gasteiger partial charge in [-0.1, -0.05) is 41.4 Å². The number of hydrogen-bond acceptors (Lipinski definition) is 6. The fraction of sp³-hybridized carbons (Fsp3) is 0.0870. The van der Waals surface area contributed by atoms with Crippen LogP contribution in [-0.2, 0) is 9.59 Å². The summed E-state index contributed by atoms with van der Waals surface area (Å²) in [5.74, 6) is -1.78. The second-order valence-electron chi connectivity index (χ2n) is 7.23. The summed E-state index contributed by atoms with van der Waals surface area (Å²) in [5.41, 5.74) is 1.35. The summed E-state index contributed by atoms with van der Waals surface area (Å²) in [4.78, 5) is 36.0. The quantitative estimate of drug-likeness (QED) is 0.217. The third-order valence-electron chi connectivity index (χ3n) is 5.33. The van der Waals surface area contributed by atoms with Crippen molar-refractivity contribution < 1.29 is 19.4 Å². The zero-order chi connectivity index (χ0) is 23.3. The van der Waals surface area contributed by atoms with Crippen LogP contribution in [0.3, 0.4) is 0 Å². The topological polar surface area (TPSA) is 95.5 Å². The number of ketones is 1. The fourth-order valence-corrected chi connectivity index (χ4v) is 5.30. The van der Waals surface area contributed by atoms with Gasteiger partial charge in [-0.25, -0.2) is 4.98 Å². The minimum Gasteiger partial charge on any atom is -0.507 e. The number of ether oxygens (including phenoxy) is 1. The molecule has 0 saturated carbocycles. The highest BCUT2D eigenvalue weighted by Crippen LogP contribution is 2.45. The van der Waals surface area contributed by atoms with Crippen LogP contribution < -0.4 is 9.64 Å². The summed E-state index contributed by atoms with van der Waals surface area (Å²) in [6.45, 7) is 0. The molecule has 1 atom stereocenters. The average molecular weight is 500 g/mol. The number of carbonyl (C=O) groups excluding carboxylic acids is 2. The number of benzene rings is 2. The molecule has 1 aliphatic heterocycles. The highest BCUT2D eigenvalue weighted by molar-refractivity contribution is 7.10. The number of hydrogen-bond donors (Lipinski definition) is 2. The maximum absolute atomic E-state index is 13.2. The summed E-state index contributed by atoms with van der Waals surface area (Å²) in [7, 11) is 1.38. The second kappa shape index (κ2) is 8.22. The van der Waals surface area contributed by atoms with Gasteiger partial charge in [0.2, 0.25) is 5.95 Å². The smallest absolute Gasteiger partial charge is 0.302 e. The Balaban J connectivity index is 1.76. The normalized spacial score (nSPS) is 17.8. The number of fused-ring (bicyclic) bond motifs is 1. The summed E-state index contributed by atoms with van der Waals surface area (Å²) < 4.78 is 5.34. The Kier molecular flexibility index (Phi) is 5.36. The molecule has 10 heteroatoms. The van der Waals surface area contributed by atoms with Gasteiger partial charge >= 0.3 is 5.91 Å². The number of H-pyrrole nitrogens is 1. The van der Waals surface area contributed by atoms with Gasteiger partial charge in [0.15, 0.2) is 0 Å². The number of amides is 1. The van der Waals surface area contributed by atoms with E-state index in [-0.39, 0.29) is 32.9 Å². The minimum absolute atomic E-state index is 0.110. The molecule has 0 radical (unpaired) electrons. The molecule has 1 saturated heterocycles. The number of Topliss-reactive ketones (excluding diaryl/α,β-unsaturated/α-hetero) is 1. The maximum Gasteiger partial charge on any atom is 0.302 e. The van der Waals surface area contributed by atoms with Crippen LogP contribution in [0, 0.1) is 0 Å². The number of aromatic amines is 1. The summed E-state index contributed by atoms with van der Waals surface area (Å²) in [6.07, 6.45) is 0. The van der Waals surface area contributed by atoms with E-state index in [4.69, 9.17) is 27.9 Å². The van der Waals surface area contributed by atoms with E-state index in [0.29, 0.717) is 15.9 Å². The Morgan fingerprint density at radius 1 is 1.18 bits per heavy atom. The van der Waals surface area contributed by atoms with Crippen molar-refractivity contribution in [3.05, 3.63) is 80.0 Å². The van der Waals surface area contributed by atoms with Gasteiger partial charge in [0.1, 0.15) is 17.6 Å². The molecule has 3 heterocycles.